The van der Waals surface area contributed by atoms with Crippen LogP contribution in [0.15, 0.2) is 60.7 Å². The van der Waals surface area contributed by atoms with E-state index in [0.717, 1.165) is 11.3 Å². The molecule has 1 atom stereocenters. The first kappa shape index (κ1) is 12.4. The highest BCUT2D eigenvalue weighted by Crippen LogP contribution is 2.21. The number of benzene rings is 2. The fourth-order valence-corrected chi connectivity index (χ4v) is 1.93. The fraction of sp³-hybridized carbons (Fsp3) is 0.125. The van der Waals surface area contributed by atoms with Crippen LogP contribution in [-0.4, -0.2) is 15.2 Å². The maximum absolute atomic E-state index is 5.82. The van der Waals surface area contributed by atoms with Crippen molar-refractivity contribution in [1.29, 1.82) is 0 Å². The van der Waals surface area contributed by atoms with E-state index in [1.165, 1.54) is 0 Å². The second-order valence-electron chi connectivity index (χ2n) is 4.48. The Bertz CT molecular complexity index is 664. The molecule has 1 aromatic heterocycles. The fourth-order valence-electron chi connectivity index (χ4n) is 1.93. The van der Waals surface area contributed by atoms with Gasteiger partial charge in [-0.2, -0.15) is 5.10 Å². The van der Waals surface area contributed by atoms with Gasteiger partial charge in [0.1, 0.15) is 5.75 Å². The summed E-state index contributed by atoms with van der Waals surface area (Å²) in [6, 6.07) is 19.6. The summed E-state index contributed by atoms with van der Waals surface area (Å²) in [6.07, 6.45) is -0.178. The first-order valence-corrected chi connectivity index (χ1v) is 6.52. The van der Waals surface area contributed by atoms with E-state index >= 15 is 0 Å². The molecule has 0 amide bonds. The van der Waals surface area contributed by atoms with Gasteiger partial charge in [0.15, 0.2) is 17.8 Å². The number of aromatic nitrogens is 3. The minimum absolute atomic E-state index is 0.178. The van der Waals surface area contributed by atoms with Gasteiger partial charge in [-0.15, -0.1) is 0 Å². The molecule has 0 unspecified atom stereocenters. The number of para-hydroxylation sites is 1. The lowest BCUT2D eigenvalue weighted by molar-refractivity contribution is 0.217. The summed E-state index contributed by atoms with van der Waals surface area (Å²) in [5, 5.41) is 7.17. The highest BCUT2D eigenvalue weighted by Gasteiger charge is 2.13. The van der Waals surface area contributed by atoms with Gasteiger partial charge >= 0.3 is 0 Å². The van der Waals surface area contributed by atoms with Crippen LogP contribution in [0.3, 0.4) is 0 Å². The molecular formula is C16H15N3O. The monoisotopic (exact) mass is 265 g/mol. The minimum atomic E-state index is -0.178. The van der Waals surface area contributed by atoms with Crippen LogP contribution in [0.1, 0.15) is 18.9 Å². The Morgan fingerprint density at radius 2 is 1.60 bits per heavy atom. The highest BCUT2D eigenvalue weighted by atomic mass is 16.5. The summed E-state index contributed by atoms with van der Waals surface area (Å²) < 4.78 is 5.82. The van der Waals surface area contributed by atoms with Crippen LogP contribution in [0.2, 0.25) is 0 Å². The first-order chi connectivity index (χ1) is 9.83. The lowest BCUT2D eigenvalue weighted by atomic mass is 10.2. The molecule has 3 aromatic rings. The molecule has 0 bridgehead atoms. The van der Waals surface area contributed by atoms with Crippen LogP contribution in [0.4, 0.5) is 0 Å². The summed E-state index contributed by atoms with van der Waals surface area (Å²) in [7, 11) is 0. The summed E-state index contributed by atoms with van der Waals surface area (Å²) in [4.78, 5) is 4.48. The Labute approximate surface area is 117 Å². The zero-order chi connectivity index (χ0) is 13.8. The number of hydrogen-bond acceptors (Lipinski definition) is 3. The molecule has 3 rings (SSSR count). The Balaban J connectivity index is 1.77. The molecule has 0 fully saturated rings. The molecule has 2 aromatic carbocycles. The number of rotatable bonds is 4. The molecule has 20 heavy (non-hydrogen) atoms. The topological polar surface area (TPSA) is 50.8 Å². The lowest BCUT2D eigenvalue weighted by Crippen LogP contribution is -2.05. The largest absolute Gasteiger partial charge is 0.483 e. The molecule has 1 heterocycles. The predicted octanol–water partition coefficient (Wildman–Crippen LogP) is 3.61. The van der Waals surface area contributed by atoms with Gasteiger partial charge in [-0.25, -0.2) is 4.98 Å². The van der Waals surface area contributed by atoms with Crippen LogP contribution < -0.4 is 4.74 Å². The summed E-state index contributed by atoms with van der Waals surface area (Å²) in [6.45, 7) is 1.95. The Hall–Kier alpha value is -2.62. The van der Waals surface area contributed by atoms with Crippen LogP contribution in [0.25, 0.3) is 11.4 Å². The van der Waals surface area contributed by atoms with Gasteiger partial charge in [-0.1, -0.05) is 48.5 Å². The van der Waals surface area contributed by atoms with Crippen LogP contribution in [0, 0.1) is 0 Å². The number of ether oxygens (including phenoxy) is 1. The lowest BCUT2D eigenvalue weighted by Gasteiger charge is -2.11. The molecule has 100 valence electrons. The number of hydrogen-bond donors (Lipinski definition) is 1. The van der Waals surface area contributed by atoms with E-state index in [1.807, 2.05) is 67.6 Å². The Kier molecular flexibility index (Phi) is 3.46. The van der Waals surface area contributed by atoms with E-state index < -0.39 is 0 Å². The molecule has 0 radical (unpaired) electrons. The van der Waals surface area contributed by atoms with E-state index in [4.69, 9.17) is 4.74 Å². The second kappa shape index (κ2) is 5.57. The molecule has 4 heteroatoms. The highest BCUT2D eigenvalue weighted by molar-refractivity contribution is 5.53. The third kappa shape index (κ3) is 2.69. The van der Waals surface area contributed by atoms with Crippen molar-refractivity contribution in [3.63, 3.8) is 0 Å². The number of nitrogens with one attached hydrogen (secondary N) is 1. The molecule has 0 aliphatic heterocycles. The van der Waals surface area contributed by atoms with Crippen molar-refractivity contribution in [3.05, 3.63) is 66.5 Å². The van der Waals surface area contributed by atoms with Crippen molar-refractivity contribution in [2.75, 3.05) is 0 Å². The molecule has 0 aliphatic rings. The first-order valence-electron chi connectivity index (χ1n) is 6.52. The third-order valence-corrected chi connectivity index (χ3v) is 2.98. The zero-order valence-corrected chi connectivity index (χ0v) is 11.2. The molecule has 1 N–H and O–H groups in total. The Morgan fingerprint density at radius 1 is 0.950 bits per heavy atom. The van der Waals surface area contributed by atoms with E-state index in [2.05, 4.69) is 15.2 Å². The molecule has 0 saturated carbocycles. The van der Waals surface area contributed by atoms with Crippen molar-refractivity contribution >= 4 is 0 Å². The number of aromatic amines is 1. The second-order valence-corrected chi connectivity index (χ2v) is 4.48. The van der Waals surface area contributed by atoms with Gasteiger partial charge in [0.05, 0.1) is 0 Å². The molecule has 4 nitrogen and oxygen atoms in total. The summed E-state index contributed by atoms with van der Waals surface area (Å²) >= 11 is 0. The maximum atomic E-state index is 5.82. The SMILES string of the molecule is C[C@H](Oc1ccccc1)c1nc(-c2ccccc2)n[nH]1. The van der Waals surface area contributed by atoms with Crippen LogP contribution in [-0.2, 0) is 0 Å². The van der Waals surface area contributed by atoms with E-state index in [9.17, 15) is 0 Å². The number of H-pyrrole nitrogens is 1. The molecule has 0 aliphatic carbocycles. The summed E-state index contributed by atoms with van der Waals surface area (Å²) in [5.74, 6) is 2.22. The van der Waals surface area contributed by atoms with E-state index in [1.54, 1.807) is 0 Å². The maximum Gasteiger partial charge on any atom is 0.181 e. The van der Waals surface area contributed by atoms with Gasteiger partial charge in [-0.05, 0) is 19.1 Å². The average molecular weight is 265 g/mol. The quantitative estimate of drug-likeness (QED) is 0.784. The van der Waals surface area contributed by atoms with Gasteiger partial charge in [0, 0.05) is 5.56 Å². The standard InChI is InChI=1S/C16H15N3O/c1-12(20-14-10-6-3-7-11-14)15-17-16(19-18-15)13-8-4-2-5-9-13/h2-12H,1H3,(H,17,18,19)/t12-/m0/s1. The average Bonchev–Trinajstić information content (AvgIpc) is 2.99. The predicted molar refractivity (Wildman–Crippen MR) is 77.3 cm³/mol. The van der Waals surface area contributed by atoms with E-state index in [-0.39, 0.29) is 6.10 Å². The zero-order valence-electron chi connectivity index (χ0n) is 11.2. The van der Waals surface area contributed by atoms with Gasteiger partial charge in [-0.3, -0.25) is 5.10 Å². The van der Waals surface area contributed by atoms with Crippen molar-refractivity contribution in [2.24, 2.45) is 0 Å². The van der Waals surface area contributed by atoms with Crippen molar-refractivity contribution in [3.8, 4) is 17.1 Å². The van der Waals surface area contributed by atoms with Crippen molar-refractivity contribution in [1.82, 2.24) is 15.2 Å². The normalized spacial score (nSPS) is 12.1. The van der Waals surface area contributed by atoms with Gasteiger partial charge in [0.25, 0.3) is 0 Å². The van der Waals surface area contributed by atoms with Crippen LogP contribution >= 0.6 is 0 Å². The molecule has 0 spiro atoms. The van der Waals surface area contributed by atoms with Crippen molar-refractivity contribution in [2.45, 2.75) is 13.0 Å². The molecular weight excluding hydrogens is 250 g/mol. The molecule has 0 saturated heterocycles. The van der Waals surface area contributed by atoms with Crippen molar-refractivity contribution < 1.29 is 4.74 Å². The summed E-state index contributed by atoms with van der Waals surface area (Å²) in [5.41, 5.74) is 0.988. The van der Waals surface area contributed by atoms with Crippen LogP contribution in [0.5, 0.6) is 5.75 Å². The third-order valence-electron chi connectivity index (χ3n) is 2.98. The Morgan fingerprint density at radius 3 is 2.30 bits per heavy atom. The van der Waals surface area contributed by atoms with Gasteiger partial charge < -0.3 is 4.74 Å². The van der Waals surface area contributed by atoms with Gasteiger partial charge in [0.2, 0.25) is 0 Å². The van der Waals surface area contributed by atoms with E-state index in [0.29, 0.717) is 11.6 Å². The smallest absolute Gasteiger partial charge is 0.181 e. The minimum Gasteiger partial charge on any atom is -0.483 e. The number of nitrogens with zero attached hydrogens (tertiary/aromatic N) is 2.